The summed E-state index contributed by atoms with van der Waals surface area (Å²) in [5.41, 5.74) is 9.21. The van der Waals surface area contributed by atoms with Crippen molar-refractivity contribution in [3.63, 3.8) is 0 Å². The molecule has 0 aliphatic heterocycles. The van der Waals surface area contributed by atoms with Crippen molar-refractivity contribution in [3.05, 3.63) is 64.1 Å². The van der Waals surface area contributed by atoms with Crippen LogP contribution in [0.15, 0.2) is 53.0 Å². The summed E-state index contributed by atoms with van der Waals surface area (Å²) in [5.74, 6) is 0. The van der Waals surface area contributed by atoms with Crippen molar-refractivity contribution >= 4 is 21.6 Å². The summed E-state index contributed by atoms with van der Waals surface area (Å²) in [6.07, 6.45) is 2.26. The van der Waals surface area contributed by atoms with Crippen molar-refractivity contribution in [1.82, 2.24) is 4.90 Å². The van der Waals surface area contributed by atoms with Crippen LogP contribution in [-0.4, -0.2) is 18.5 Å². The lowest BCUT2D eigenvalue weighted by Gasteiger charge is -2.17. The summed E-state index contributed by atoms with van der Waals surface area (Å²) < 4.78 is 1.19. The third-order valence-corrected chi connectivity index (χ3v) is 4.16. The number of halogens is 1. The molecule has 0 atom stereocenters. The monoisotopic (exact) mass is 332 g/mol. The molecule has 0 fully saturated rings. The molecule has 0 saturated carbocycles. The average Bonchev–Trinajstić information content (AvgIpc) is 2.44. The van der Waals surface area contributed by atoms with Gasteiger partial charge in [-0.15, -0.1) is 0 Å². The van der Waals surface area contributed by atoms with E-state index in [4.69, 9.17) is 5.73 Å². The highest BCUT2D eigenvalue weighted by Crippen LogP contribution is 2.17. The number of rotatable bonds is 6. The molecular weight excluding hydrogens is 312 g/mol. The van der Waals surface area contributed by atoms with Crippen molar-refractivity contribution in [2.45, 2.75) is 19.4 Å². The fraction of sp³-hybridized carbons (Fsp3) is 0.294. The molecule has 2 N–H and O–H groups in total. The van der Waals surface area contributed by atoms with Gasteiger partial charge in [-0.1, -0.05) is 46.3 Å². The van der Waals surface area contributed by atoms with Gasteiger partial charge in [0.1, 0.15) is 0 Å². The molecule has 0 spiro atoms. The largest absolute Gasteiger partial charge is 0.399 e. The van der Waals surface area contributed by atoms with Crippen molar-refractivity contribution in [3.8, 4) is 0 Å². The van der Waals surface area contributed by atoms with Gasteiger partial charge in [-0.2, -0.15) is 0 Å². The fourth-order valence-corrected chi connectivity index (χ4v) is 2.64. The van der Waals surface area contributed by atoms with Crippen LogP contribution >= 0.6 is 15.9 Å². The second-order valence-corrected chi connectivity index (χ2v) is 6.03. The Kier molecular flexibility index (Phi) is 5.62. The number of nitrogen functional groups attached to an aromatic ring is 1. The Labute approximate surface area is 129 Å². The molecule has 0 aliphatic rings. The van der Waals surface area contributed by atoms with Gasteiger partial charge in [-0.3, -0.25) is 0 Å². The van der Waals surface area contributed by atoms with Crippen molar-refractivity contribution in [2.24, 2.45) is 0 Å². The van der Waals surface area contributed by atoms with Crippen molar-refractivity contribution in [2.75, 3.05) is 19.3 Å². The summed E-state index contributed by atoms with van der Waals surface area (Å²) >= 11 is 3.60. The fourth-order valence-electron chi connectivity index (χ4n) is 2.23. The highest BCUT2D eigenvalue weighted by molar-refractivity contribution is 9.10. The van der Waals surface area contributed by atoms with Crippen molar-refractivity contribution < 1.29 is 0 Å². The molecule has 0 radical (unpaired) electrons. The summed E-state index contributed by atoms with van der Waals surface area (Å²) in [5, 5.41) is 0. The second kappa shape index (κ2) is 7.46. The molecule has 2 aromatic rings. The molecule has 2 aromatic carbocycles. The lowest BCUT2D eigenvalue weighted by Crippen LogP contribution is -2.19. The van der Waals surface area contributed by atoms with Crippen LogP contribution in [0.4, 0.5) is 5.69 Å². The van der Waals surface area contributed by atoms with Gasteiger partial charge in [0.05, 0.1) is 0 Å². The Morgan fingerprint density at radius 2 is 1.75 bits per heavy atom. The molecule has 0 unspecified atom stereocenters. The second-order valence-electron chi connectivity index (χ2n) is 5.17. The van der Waals surface area contributed by atoms with E-state index < -0.39 is 0 Å². The predicted octanol–water partition coefficient (Wildman–Crippen LogP) is 4.10. The molecule has 0 amide bonds. The molecule has 2 rings (SSSR count). The van der Waals surface area contributed by atoms with Crippen LogP contribution in [0, 0.1) is 0 Å². The summed E-state index contributed by atoms with van der Waals surface area (Å²) in [7, 11) is 2.17. The average molecular weight is 333 g/mol. The Morgan fingerprint density at radius 1 is 1.05 bits per heavy atom. The van der Waals surface area contributed by atoms with Crippen LogP contribution in [0.3, 0.4) is 0 Å². The SMILES string of the molecule is CN(CCCc1ccc(N)cc1)Cc1ccccc1Br. The standard InChI is InChI=1S/C17H21BrN2/c1-20(13-15-6-2-3-7-17(15)18)12-4-5-14-8-10-16(19)11-9-14/h2-3,6-11H,4-5,12-13,19H2,1H3. The van der Waals surface area contributed by atoms with Gasteiger partial charge in [-0.05, 0) is 55.8 Å². The molecule has 20 heavy (non-hydrogen) atoms. The van der Waals surface area contributed by atoms with Crippen LogP contribution in [0.2, 0.25) is 0 Å². The lowest BCUT2D eigenvalue weighted by molar-refractivity contribution is 0.321. The minimum atomic E-state index is 0.833. The van der Waals surface area contributed by atoms with E-state index in [1.54, 1.807) is 0 Å². The third-order valence-electron chi connectivity index (χ3n) is 3.38. The minimum Gasteiger partial charge on any atom is -0.399 e. The molecule has 0 aliphatic carbocycles. The first kappa shape index (κ1) is 15.1. The van der Waals surface area contributed by atoms with Crippen LogP contribution in [-0.2, 0) is 13.0 Å². The van der Waals surface area contributed by atoms with E-state index in [0.29, 0.717) is 0 Å². The van der Waals surface area contributed by atoms with E-state index in [1.165, 1.54) is 15.6 Å². The molecule has 3 heteroatoms. The third kappa shape index (κ3) is 4.66. The van der Waals surface area contributed by atoms with Crippen LogP contribution < -0.4 is 5.73 Å². The van der Waals surface area contributed by atoms with Gasteiger partial charge in [0.25, 0.3) is 0 Å². The maximum atomic E-state index is 5.69. The van der Waals surface area contributed by atoms with E-state index in [9.17, 15) is 0 Å². The van der Waals surface area contributed by atoms with E-state index in [2.05, 4.69) is 64.3 Å². The van der Waals surface area contributed by atoms with Gasteiger partial charge in [-0.25, -0.2) is 0 Å². The molecule has 0 heterocycles. The first-order chi connectivity index (χ1) is 9.65. The van der Waals surface area contributed by atoms with Gasteiger partial charge >= 0.3 is 0 Å². The number of anilines is 1. The van der Waals surface area contributed by atoms with E-state index in [0.717, 1.165) is 31.6 Å². The molecule has 0 bridgehead atoms. The zero-order valence-electron chi connectivity index (χ0n) is 11.8. The summed E-state index contributed by atoms with van der Waals surface area (Å²) in [6.45, 7) is 2.06. The topological polar surface area (TPSA) is 29.3 Å². The molecular formula is C17H21BrN2. The normalized spacial score (nSPS) is 10.9. The van der Waals surface area contributed by atoms with Gasteiger partial charge in [0.2, 0.25) is 0 Å². The maximum Gasteiger partial charge on any atom is 0.0314 e. The maximum absolute atomic E-state index is 5.69. The number of hydrogen-bond acceptors (Lipinski definition) is 2. The zero-order valence-corrected chi connectivity index (χ0v) is 13.4. The minimum absolute atomic E-state index is 0.833. The lowest BCUT2D eigenvalue weighted by atomic mass is 10.1. The highest BCUT2D eigenvalue weighted by atomic mass is 79.9. The Balaban J connectivity index is 1.76. The smallest absolute Gasteiger partial charge is 0.0314 e. The number of aryl methyl sites for hydroxylation is 1. The van der Waals surface area contributed by atoms with E-state index in [1.807, 2.05) is 12.1 Å². The number of nitrogens with zero attached hydrogens (tertiary/aromatic N) is 1. The van der Waals surface area contributed by atoms with Gasteiger partial charge < -0.3 is 10.6 Å². The molecule has 2 nitrogen and oxygen atoms in total. The Bertz CT molecular complexity index is 537. The predicted molar refractivity (Wildman–Crippen MR) is 89.7 cm³/mol. The zero-order chi connectivity index (χ0) is 14.4. The first-order valence-corrected chi connectivity index (χ1v) is 7.71. The quantitative estimate of drug-likeness (QED) is 0.807. The molecule has 0 aromatic heterocycles. The summed E-state index contributed by atoms with van der Waals surface area (Å²) in [6, 6.07) is 16.6. The summed E-state index contributed by atoms with van der Waals surface area (Å²) in [4.78, 5) is 2.36. The first-order valence-electron chi connectivity index (χ1n) is 6.91. The number of hydrogen-bond donors (Lipinski definition) is 1. The number of nitrogens with two attached hydrogens (primary N) is 1. The Hall–Kier alpha value is -1.32. The van der Waals surface area contributed by atoms with Crippen LogP contribution in [0.5, 0.6) is 0 Å². The van der Waals surface area contributed by atoms with E-state index >= 15 is 0 Å². The van der Waals surface area contributed by atoms with Crippen LogP contribution in [0.25, 0.3) is 0 Å². The van der Waals surface area contributed by atoms with Crippen molar-refractivity contribution in [1.29, 1.82) is 0 Å². The number of benzene rings is 2. The van der Waals surface area contributed by atoms with Gasteiger partial charge in [0.15, 0.2) is 0 Å². The Morgan fingerprint density at radius 3 is 2.45 bits per heavy atom. The van der Waals surface area contributed by atoms with Crippen LogP contribution in [0.1, 0.15) is 17.5 Å². The van der Waals surface area contributed by atoms with E-state index in [-0.39, 0.29) is 0 Å². The highest BCUT2D eigenvalue weighted by Gasteiger charge is 2.03. The van der Waals surface area contributed by atoms with Gasteiger partial charge in [0, 0.05) is 16.7 Å². The molecule has 106 valence electrons. The molecule has 0 saturated heterocycles.